The highest BCUT2D eigenvalue weighted by Gasteiger charge is 2.67. The second-order valence-corrected chi connectivity index (χ2v) is 5.73. The average molecular weight is 318 g/mol. The summed E-state index contributed by atoms with van der Waals surface area (Å²) in [4.78, 5) is 24.8. The van der Waals surface area contributed by atoms with Crippen LogP contribution in [0.4, 0.5) is 0 Å². The SMILES string of the molecule is C=C1c2cc3c(cc2C(O)[C@]2(C(=O)OC)C(=O)OC[C@H]12)OCO3. The predicted octanol–water partition coefficient (Wildman–Crippen LogP) is 0.808. The Bertz CT molecular complexity index is 753. The topological polar surface area (TPSA) is 91.3 Å². The standard InChI is InChI=1S/C16H14O7/c1-7-8-3-11-12(23-6-22-11)4-9(8)13(17)16(14(18)20-2)10(7)5-21-15(16)19/h3-4,10,13,17H,1,5-6H2,2H3/t10-,13?,16-/m1/s1. The zero-order valence-corrected chi connectivity index (χ0v) is 12.3. The first-order valence-electron chi connectivity index (χ1n) is 7.08. The molecule has 1 aromatic rings. The van der Waals surface area contributed by atoms with E-state index in [9.17, 15) is 14.7 Å². The van der Waals surface area contributed by atoms with Crippen molar-refractivity contribution in [2.75, 3.05) is 20.5 Å². The van der Waals surface area contributed by atoms with Crippen molar-refractivity contribution in [1.82, 2.24) is 0 Å². The van der Waals surface area contributed by atoms with Crippen LogP contribution in [-0.4, -0.2) is 37.6 Å². The molecule has 1 N–H and O–H groups in total. The quantitative estimate of drug-likeness (QED) is 0.605. The summed E-state index contributed by atoms with van der Waals surface area (Å²) in [6.07, 6.45) is -1.41. The van der Waals surface area contributed by atoms with Gasteiger partial charge in [0.2, 0.25) is 12.2 Å². The lowest BCUT2D eigenvalue weighted by molar-refractivity contribution is -0.173. The zero-order chi connectivity index (χ0) is 16.4. The van der Waals surface area contributed by atoms with Gasteiger partial charge in [-0.1, -0.05) is 6.58 Å². The van der Waals surface area contributed by atoms with E-state index in [1.807, 2.05) is 0 Å². The van der Waals surface area contributed by atoms with Gasteiger partial charge in [-0.05, 0) is 28.8 Å². The van der Waals surface area contributed by atoms with Crippen LogP contribution in [0.15, 0.2) is 18.7 Å². The molecule has 0 bridgehead atoms. The minimum absolute atomic E-state index is 0.0301. The van der Waals surface area contributed by atoms with Crippen molar-refractivity contribution in [2.24, 2.45) is 11.3 Å². The van der Waals surface area contributed by atoms with Crippen molar-refractivity contribution in [1.29, 1.82) is 0 Å². The lowest BCUT2D eigenvalue weighted by Crippen LogP contribution is -2.49. The van der Waals surface area contributed by atoms with Gasteiger partial charge in [0.25, 0.3) is 0 Å². The number of hydrogen-bond donors (Lipinski definition) is 1. The van der Waals surface area contributed by atoms with Gasteiger partial charge in [-0.2, -0.15) is 0 Å². The van der Waals surface area contributed by atoms with Crippen molar-refractivity contribution in [3.8, 4) is 11.5 Å². The van der Waals surface area contributed by atoms with E-state index in [2.05, 4.69) is 6.58 Å². The van der Waals surface area contributed by atoms with Gasteiger partial charge in [0, 0.05) is 5.92 Å². The second-order valence-electron chi connectivity index (χ2n) is 5.73. The van der Waals surface area contributed by atoms with E-state index in [0.717, 1.165) is 0 Å². The maximum absolute atomic E-state index is 12.4. The summed E-state index contributed by atoms with van der Waals surface area (Å²) < 4.78 is 20.5. The molecule has 3 aliphatic rings. The number of ether oxygens (including phenoxy) is 4. The van der Waals surface area contributed by atoms with Gasteiger partial charge in [0.05, 0.1) is 13.7 Å². The van der Waals surface area contributed by atoms with E-state index in [0.29, 0.717) is 28.2 Å². The lowest BCUT2D eigenvalue weighted by atomic mass is 9.62. The Hall–Kier alpha value is -2.54. The molecule has 120 valence electrons. The predicted molar refractivity (Wildman–Crippen MR) is 75.5 cm³/mol. The van der Waals surface area contributed by atoms with Crippen LogP contribution in [0, 0.1) is 11.3 Å². The summed E-state index contributed by atoms with van der Waals surface area (Å²) in [5.41, 5.74) is -0.295. The Balaban J connectivity index is 1.96. The minimum Gasteiger partial charge on any atom is -0.468 e. The van der Waals surface area contributed by atoms with E-state index < -0.39 is 29.4 Å². The van der Waals surface area contributed by atoms with E-state index in [4.69, 9.17) is 18.9 Å². The average Bonchev–Trinajstić information content (AvgIpc) is 3.15. The molecule has 3 atom stereocenters. The van der Waals surface area contributed by atoms with Crippen molar-refractivity contribution in [3.05, 3.63) is 29.8 Å². The number of cyclic esters (lactones) is 1. The monoisotopic (exact) mass is 318 g/mol. The molecular weight excluding hydrogens is 304 g/mol. The number of aliphatic hydroxyl groups excluding tert-OH is 1. The Labute approximate surface area is 131 Å². The van der Waals surface area contributed by atoms with Crippen molar-refractivity contribution >= 4 is 17.5 Å². The highest BCUT2D eigenvalue weighted by Crippen LogP contribution is 2.58. The van der Waals surface area contributed by atoms with Crippen LogP contribution >= 0.6 is 0 Å². The molecule has 1 aromatic carbocycles. The number of fused-ring (bicyclic) bond motifs is 3. The number of carbonyl (C=O) groups excluding carboxylic acids is 2. The molecular formula is C16H14O7. The normalized spacial score (nSPS) is 30.5. The molecule has 1 fully saturated rings. The number of aliphatic hydroxyl groups is 1. The first-order valence-corrected chi connectivity index (χ1v) is 7.08. The molecule has 0 spiro atoms. The summed E-state index contributed by atoms with van der Waals surface area (Å²) >= 11 is 0. The van der Waals surface area contributed by atoms with Crippen LogP contribution in [-0.2, 0) is 19.1 Å². The smallest absolute Gasteiger partial charge is 0.327 e. The number of rotatable bonds is 1. The molecule has 7 nitrogen and oxygen atoms in total. The largest absolute Gasteiger partial charge is 0.468 e. The zero-order valence-electron chi connectivity index (χ0n) is 12.3. The summed E-state index contributed by atoms with van der Waals surface area (Å²) in [5.74, 6) is -1.34. The number of carbonyl (C=O) groups is 2. The number of methoxy groups -OCH3 is 1. The Morgan fingerprint density at radius 2 is 2.04 bits per heavy atom. The van der Waals surface area contributed by atoms with Gasteiger partial charge >= 0.3 is 11.9 Å². The van der Waals surface area contributed by atoms with Crippen molar-refractivity contribution in [2.45, 2.75) is 6.10 Å². The van der Waals surface area contributed by atoms with Gasteiger partial charge in [-0.25, -0.2) is 0 Å². The summed E-state index contributed by atoms with van der Waals surface area (Å²) in [6.45, 7) is 4.05. The van der Waals surface area contributed by atoms with Gasteiger partial charge in [-0.15, -0.1) is 0 Å². The molecule has 1 unspecified atom stereocenters. The molecule has 23 heavy (non-hydrogen) atoms. The highest BCUT2D eigenvalue weighted by molar-refractivity contribution is 6.06. The molecule has 2 heterocycles. The second kappa shape index (κ2) is 4.48. The van der Waals surface area contributed by atoms with E-state index in [-0.39, 0.29) is 13.4 Å². The molecule has 1 aliphatic carbocycles. The van der Waals surface area contributed by atoms with Crippen LogP contribution in [0.2, 0.25) is 0 Å². The summed E-state index contributed by atoms with van der Waals surface area (Å²) in [7, 11) is 1.17. The third-order valence-corrected chi connectivity index (χ3v) is 4.83. The van der Waals surface area contributed by atoms with Gasteiger partial charge in [0.15, 0.2) is 11.5 Å². The van der Waals surface area contributed by atoms with Crippen LogP contribution < -0.4 is 9.47 Å². The minimum atomic E-state index is -1.83. The molecule has 2 aliphatic heterocycles. The molecule has 7 heteroatoms. The van der Waals surface area contributed by atoms with Crippen LogP contribution in [0.5, 0.6) is 11.5 Å². The Kier molecular flexibility index (Phi) is 2.74. The van der Waals surface area contributed by atoms with Gasteiger partial charge < -0.3 is 24.1 Å². The molecule has 0 saturated carbocycles. The Morgan fingerprint density at radius 3 is 2.74 bits per heavy atom. The van der Waals surface area contributed by atoms with Crippen LogP contribution in [0.1, 0.15) is 17.2 Å². The summed E-state index contributed by atoms with van der Waals surface area (Å²) in [5, 5.41) is 10.9. The molecule has 1 saturated heterocycles. The van der Waals surface area contributed by atoms with Gasteiger partial charge in [0.1, 0.15) is 6.10 Å². The highest BCUT2D eigenvalue weighted by atomic mass is 16.7. The Morgan fingerprint density at radius 1 is 1.35 bits per heavy atom. The van der Waals surface area contributed by atoms with E-state index in [1.54, 1.807) is 12.1 Å². The number of hydrogen-bond acceptors (Lipinski definition) is 7. The van der Waals surface area contributed by atoms with Crippen LogP contribution in [0.25, 0.3) is 5.57 Å². The first-order chi connectivity index (χ1) is 11.0. The molecule has 0 radical (unpaired) electrons. The van der Waals surface area contributed by atoms with Crippen molar-refractivity contribution < 1.29 is 33.6 Å². The number of benzene rings is 1. The third-order valence-electron chi connectivity index (χ3n) is 4.83. The maximum Gasteiger partial charge on any atom is 0.327 e. The molecule has 4 rings (SSSR count). The third kappa shape index (κ3) is 1.52. The fraction of sp³-hybridized carbons (Fsp3) is 0.375. The van der Waals surface area contributed by atoms with Crippen molar-refractivity contribution in [3.63, 3.8) is 0 Å². The summed E-state index contributed by atoms with van der Waals surface area (Å²) in [6, 6.07) is 3.27. The molecule has 0 aromatic heterocycles. The number of esters is 2. The lowest BCUT2D eigenvalue weighted by Gasteiger charge is -2.39. The van der Waals surface area contributed by atoms with Crippen LogP contribution in [0.3, 0.4) is 0 Å². The maximum atomic E-state index is 12.4. The fourth-order valence-corrected chi connectivity index (χ4v) is 3.63. The van der Waals surface area contributed by atoms with E-state index in [1.165, 1.54) is 7.11 Å². The first kappa shape index (κ1) is 14.1. The molecule has 0 amide bonds. The van der Waals surface area contributed by atoms with Gasteiger partial charge in [-0.3, -0.25) is 9.59 Å². The fourth-order valence-electron chi connectivity index (χ4n) is 3.63. The van der Waals surface area contributed by atoms with E-state index >= 15 is 0 Å².